The molecule has 0 spiro atoms. The largest absolute Gasteiger partial charge is 0.491 e. The van der Waals surface area contributed by atoms with Crippen LogP contribution in [0.25, 0.3) is 0 Å². The van der Waals surface area contributed by atoms with Gasteiger partial charge in [0.05, 0.1) is 18.1 Å². The molecule has 38 heavy (non-hydrogen) atoms. The van der Waals surface area contributed by atoms with Crippen LogP contribution in [0.15, 0.2) is 24.3 Å². The van der Waals surface area contributed by atoms with E-state index in [-0.39, 0.29) is 5.75 Å². The van der Waals surface area contributed by atoms with Crippen LogP contribution in [-0.4, -0.2) is 54.9 Å². The molecule has 0 N–H and O–H groups in total. The van der Waals surface area contributed by atoms with Gasteiger partial charge in [0.25, 0.3) is 0 Å². The first-order chi connectivity index (χ1) is 16.7. The van der Waals surface area contributed by atoms with Crippen LogP contribution in [0.2, 0.25) is 0 Å². The molecule has 0 aromatic heterocycles. The van der Waals surface area contributed by atoms with Gasteiger partial charge in [0.15, 0.2) is 0 Å². The van der Waals surface area contributed by atoms with Crippen molar-refractivity contribution in [2.75, 3.05) is 7.11 Å². The van der Waals surface area contributed by atoms with E-state index in [2.05, 4.69) is 4.74 Å². The maximum absolute atomic E-state index is 14.6. The van der Waals surface area contributed by atoms with Gasteiger partial charge in [-0.1, -0.05) is 19.1 Å². The van der Waals surface area contributed by atoms with Gasteiger partial charge >= 0.3 is 41.7 Å². The standard InChI is InChI=1S/C21H21F15O2/c1-5-11(2)38-13-8-6-7-12(9-13)14(3,37-4)10-15(22,23)16(24,25)17(26,27)18(28,29)19(30,31)20(32,33)21(34,35)36/h6-9,11H,5,10H2,1-4H3. The van der Waals surface area contributed by atoms with Crippen molar-refractivity contribution in [3.8, 4) is 5.75 Å². The predicted molar refractivity (Wildman–Crippen MR) is 102 cm³/mol. The van der Waals surface area contributed by atoms with Gasteiger partial charge in [-0.3, -0.25) is 0 Å². The Kier molecular flexibility index (Phi) is 9.07. The zero-order chi connectivity index (χ0) is 30.4. The third-order valence-corrected chi connectivity index (χ3v) is 5.76. The van der Waals surface area contributed by atoms with Gasteiger partial charge in [0.2, 0.25) is 0 Å². The van der Waals surface area contributed by atoms with E-state index in [1.807, 2.05) is 0 Å². The smallest absolute Gasteiger partial charge is 0.460 e. The number of ether oxygens (including phenoxy) is 2. The number of halogens is 15. The Morgan fingerprint density at radius 2 is 1.16 bits per heavy atom. The molecule has 2 atom stereocenters. The summed E-state index contributed by atoms with van der Waals surface area (Å²) < 4.78 is 212. The van der Waals surface area contributed by atoms with Crippen LogP contribution in [0.4, 0.5) is 65.9 Å². The van der Waals surface area contributed by atoms with Crippen molar-refractivity contribution < 1.29 is 75.3 Å². The van der Waals surface area contributed by atoms with Crippen molar-refractivity contribution >= 4 is 0 Å². The molecule has 1 aromatic carbocycles. The number of alkyl halides is 15. The molecule has 1 rings (SSSR count). The van der Waals surface area contributed by atoms with E-state index >= 15 is 0 Å². The van der Waals surface area contributed by atoms with E-state index in [0.29, 0.717) is 20.5 Å². The topological polar surface area (TPSA) is 18.5 Å². The molecule has 0 fully saturated rings. The van der Waals surface area contributed by atoms with Gasteiger partial charge in [-0.25, -0.2) is 0 Å². The van der Waals surface area contributed by atoms with E-state index in [9.17, 15) is 65.9 Å². The number of methoxy groups -OCH3 is 1. The Morgan fingerprint density at radius 1 is 0.711 bits per heavy atom. The molecule has 17 heteroatoms. The van der Waals surface area contributed by atoms with Crippen LogP contribution in [0.3, 0.4) is 0 Å². The van der Waals surface area contributed by atoms with Crippen LogP contribution < -0.4 is 4.74 Å². The van der Waals surface area contributed by atoms with E-state index in [4.69, 9.17) is 4.74 Å². The second-order valence-corrected chi connectivity index (χ2v) is 8.55. The molecule has 0 saturated carbocycles. The van der Waals surface area contributed by atoms with Crippen LogP contribution in [-0.2, 0) is 10.3 Å². The second kappa shape index (κ2) is 10.2. The van der Waals surface area contributed by atoms with Crippen molar-refractivity contribution in [3.05, 3.63) is 29.8 Å². The predicted octanol–water partition coefficient (Wildman–Crippen LogP) is 8.49. The summed E-state index contributed by atoms with van der Waals surface area (Å²) in [7, 11) is 0.598. The molecule has 0 saturated heterocycles. The van der Waals surface area contributed by atoms with Crippen molar-refractivity contribution in [3.63, 3.8) is 0 Å². The first-order valence-corrected chi connectivity index (χ1v) is 10.4. The highest BCUT2D eigenvalue weighted by molar-refractivity contribution is 5.33. The Labute approximate surface area is 206 Å². The molecule has 2 unspecified atom stereocenters. The summed E-state index contributed by atoms with van der Waals surface area (Å²) in [6.07, 6.45) is -10.3. The normalized spacial score (nSPS) is 17.2. The summed E-state index contributed by atoms with van der Waals surface area (Å²) in [5.41, 5.74) is -3.24. The van der Waals surface area contributed by atoms with Crippen LogP contribution in [0.5, 0.6) is 5.75 Å². The number of rotatable bonds is 12. The molecule has 0 aliphatic carbocycles. The fourth-order valence-corrected chi connectivity index (χ4v) is 3.04. The lowest BCUT2D eigenvalue weighted by atomic mass is 9.83. The highest BCUT2D eigenvalue weighted by atomic mass is 19.4. The fourth-order valence-electron chi connectivity index (χ4n) is 3.04. The van der Waals surface area contributed by atoms with Crippen LogP contribution in [0, 0.1) is 0 Å². The van der Waals surface area contributed by atoms with Gasteiger partial charge in [-0.05, 0) is 38.0 Å². The Balaban J connectivity index is 3.57. The Bertz CT molecular complexity index is 958. The van der Waals surface area contributed by atoms with Crippen molar-refractivity contribution in [2.45, 2.75) is 87.0 Å². The summed E-state index contributed by atoms with van der Waals surface area (Å²) in [5.74, 6) is -46.9. The maximum atomic E-state index is 14.6. The summed E-state index contributed by atoms with van der Waals surface area (Å²) in [4.78, 5) is 0. The highest BCUT2D eigenvalue weighted by Gasteiger charge is 2.93. The number of hydrogen-bond acceptors (Lipinski definition) is 2. The summed E-state index contributed by atoms with van der Waals surface area (Å²) in [5, 5.41) is 0. The lowest BCUT2D eigenvalue weighted by Crippen LogP contribution is -2.72. The first kappa shape index (κ1) is 34.0. The lowest BCUT2D eigenvalue weighted by Gasteiger charge is -2.43. The summed E-state index contributed by atoms with van der Waals surface area (Å²) in [6.45, 7) is 3.83. The molecule has 0 radical (unpaired) electrons. The van der Waals surface area contributed by atoms with E-state index in [0.717, 1.165) is 18.2 Å². The second-order valence-electron chi connectivity index (χ2n) is 8.55. The van der Waals surface area contributed by atoms with Crippen molar-refractivity contribution in [1.82, 2.24) is 0 Å². The summed E-state index contributed by atoms with van der Waals surface area (Å²) in [6, 6.07) is 4.24. The minimum absolute atomic E-state index is 0.0684. The Hall–Kier alpha value is -2.07. The molecule has 2 nitrogen and oxygen atoms in total. The zero-order valence-electron chi connectivity index (χ0n) is 19.8. The van der Waals surface area contributed by atoms with Crippen molar-refractivity contribution in [2.24, 2.45) is 0 Å². The zero-order valence-corrected chi connectivity index (χ0v) is 19.8. The number of hydrogen-bond donors (Lipinski definition) is 0. The lowest BCUT2D eigenvalue weighted by molar-refractivity contribution is -0.453. The molecule has 0 amide bonds. The summed E-state index contributed by atoms with van der Waals surface area (Å²) >= 11 is 0. The van der Waals surface area contributed by atoms with Gasteiger partial charge in [0.1, 0.15) is 5.75 Å². The van der Waals surface area contributed by atoms with Crippen molar-refractivity contribution in [1.29, 1.82) is 0 Å². The Morgan fingerprint density at radius 3 is 1.58 bits per heavy atom. The molecule has 0 heterocycles. The minimum Gasteiger partial charge on any atom is -0.491 e. The SMILES string of the molecule is CCC(C)Oc1cccc(C(C)(CC(F)(F)C(F)(F)C(F)(F)C(F)(F)C(F)(F)C(F)(F)C(F)(F)F)OC)c1. The third kappa shape index (κ3) is 5.35. The molecule has 1 aromatic rings. The first-order valence-electron chi connectivity index (χ1n) is 10.4. The van der Waals surface area contributed by atoms with Gasteiger partial charge in [-0.15, -0.1) is 0 Å². The van der Waals surface area contributed by atoms with Gasteiger partial charge < -0.3 is 9.47 Å². The number of benzene rings is 1. The fraction of sp³-hybridized carbons (Fsp3) is 0.714. The molecule has 0 aliphatic rings. The monoisotopic (exact) mass is 590 g/mol. The van der Waals surface area contributed by atoms with E-state index in [1.165, 1.54) is 6.07 Å². The average molecular weight is 590 g/mol. The van der Waals surface area contributed by atoms with Gasteiger partial charge in [-0.2, -0.15) is 65.9 Å². The van der Waals surface area contributed by atoms with E-state index in [1.54, 1.807) is 13.8 Å². The van der Waals surface area contributed by atoms with E-state index < -0.39 is 65.4 Å². The third-order valence-electron chi connectivity index (χ3n) is 5.76. The molecule has 222 valence electrons. The van der Waals surface area contributed by atoms with Crippen LogP contribution in [0.1, 0.15) is 39.2 Å². The molecule has 0 aliphatic heterocycles. The molecular formula is C21H21F15O2. The van der Waals surface area contributed by atoms with Crippen LogP contribution >= 0.6 is 0 Å². The maximum Gasteiger partial charge on any atom is 0.460 e. The minimum atomic E-state index is -8.33. The van der Waals surface area contributed by atoms with Gasteiger partial charge in [0, 0.05) is 7.11 Å². The quantitative estimate of drug-likeness (QED) is 0.228. The highest BCUT2D eigenvalue weighted by Crippen LogP contribution is 2.63. The average Bonchev–Trinajstić information content (AvgIpc) is 2.77. The molecular weight excluding hydrogens is 569 g/mol. The molecule has 0 bridgehead atoms.